The lowest BCUT2D eigenvalue weighted by atomic mass is 10.2. The van der Waals surface area contributed by atoms with Gasteiger partial charge >= 0.3 is 6.03 Å². The average Bonchev–Trinajstić information content (AvgIpc) is 3.11. The maximum Gasteiger partial charge on any atom is 0.325 e. The maximum atomic E-state index is 12.4. The van der Waals surface area contributed by atoms with E-state index in [-0.39, 0.29) is 11.6 Å². The van der Waals surface area contributed by atoms with Crippen molar-refractivity contribution in [3.05, 3.63) is 24.3 Å². The van der Waals surface area contributed by atoms with Crippen molar-refractivity contribution in [2.75, 3.05) is 25.1 Å². The topological polar surface area (TPSA) is 32.8 Å². The van der Waals surface area contributed by atoms with Crippen molar-refractivity contribution in [2.45, 2.75) is 25.3 Å². The standard InChI is InChI=1S/C14H18N2O2/c1-3-15-10-14(8-9-14)16(13(15)17)11-4-6-12(18-2)7-5-11/h4-7H,3,8-10H2,1-2H3. The maximum absolute atomic E-state index is 12.4. The lowest BCUT2D eigenvalue weighted by Gasteiger charge is -2.22. The van der Waals surface area contributed by atoms with Crippen LogP contribution < -0.4 is 9.64 Å². The molecule has 2 aliphatic rings. The van der Waals surface area contributed by atoms with Crippen LogP contribution in [0, 0.1) is 0 Å². The Kier molecular flexibility index (Phi) is 2.47. The smallest absolute Gasteiger partial charge is 0.325 e. The highest BCUT2D eigenvalue weighted by atomic mass is 16.5. The van der Waals surface area contributed by atoms with E-state index in [0.717, 1.165) is 37.4 Å². The second-order valence-corrected chi connectivity index (χ2v) is 5.05. The van der Waals surface area contributed by atoms with Crippen LogP contribution in [0.25, 0.3) is 0 Å². The minimum Gasteiger partial charge on any atom is -0.497 e. The summed E-state index contributed by atoms with van der Waals surface area (Å²) in [7, 11) is 1.65. The van der Waals surface area contributed by atoms with E-state index >= 15 is 0 Å². The van der Waals surface area contributed by atoms with E-state index in [2.05, 4.69) is 0 Å². The first-order chi connectivity index (χ1) is 8.70. The Morgan fingerprint density at radius 2 is 1.94 bits per heavy atom. The van der Waals surface area contributed by atoms with Gasteiger partial charge in [-0.2, -0.15) is 0 Å². The summed E-state index contributed by atoms with van der Waals surface area (Å²) in [6, 6.07) is 7.90. The zero-order valence-corrected chi connectivity index (χ0v) is 10.8. The minimum absolute atomic E-state index is 0.0711. The van der Waals surface area contributed by atoms with Crippen LogP contribution >= 0.6 is 0 Å². The number of ether oxygens (including phenoxy) is 1. The van der Waals surface area contributed by atoms with Gasteiger partial charge in [-0.15, -0.1) is 0 Å². The van der Waals surface area contributed by atoms with Crippen LogP contribution in [0.1, 0.15) is 19.8 Å². The Balaban J connectivity index is 1.92. The van der Waals surface area contributed by atoms with Crippen LogP contribution in [0.15, 0.2) is 24.3 Å². The fourth-order valence-corrected chi connectivity index (χ4v) is 2.73. The third-order valence-corrected chi connectivity index (χ3v) is 3.96. The highest BCUT2D eigenvalue weighted by Crippen LogP contribution is 2.49. The fraction of sp³-hybridized carbons (Fsp3) is 0.500. The van der Waals surface area contributed by atoms with Gasteiger partial charge in [0, 0.05) is 18.8 Å². The van der Waals surface area contributed by atoms with Crippen molar-refractivity contribution < 1.29 is 9.53 Å². The number of carbonyl (C=O) groups is 1. The Bertz CT molecular complexity index is 465. The molecule has 1 saturated carbocycles. The molecule has 1 saturated heterocycles. The van der Waals surface area contributed by atoms with Crippen molar-refractivity contribution in [1.82, 2.24) is 4.90 Å². The molecule has 1 aliphatic carbocycles. The fourth-order valence-electron chi connectivity index (χ4n) is 2.73. The molecule has 1 aromatic carbocycles. The van der Waals surface area contributed by atoms with Crippen molar-refractivity contribution in [1.29, 1.82) is 0 Å². The summed E-state index contributed by atoms with van der Waals surface area (Å²) in [5.74, 6) is 0.822. The van der Waals surface area contributed by atoms with E-state index in [1.807, 2.05) is 41.0 Å². The molecule has 4 heteroatoms. The summed E-state index contributed by atoms with van der Waals surface area (Å²) >= 11 is 0. The summed E-state index contributed by atoms with van der Waals surface area (Å²) in [6.07, 6.45) is 2.22. The highest BCUT2D eigenvalue weighted by molar-refractivity contribution is 5.97. The van der Waals surface area contributed by atoms with Crippen molar-refractivity contribution in [3.8, 4) is 5.75 Å². The first-order valence-corrected chi connectivity index (χ1v) is 6.43. The molecule has 3 rings (SSSR count). The monoisotopic (exact) mass is 246 g/mol. The normalized spacial score (nSPS) is 20.7. The lowest BCUT2D eigenvalue weighted by molar-refractivity contribution is 0.223. The average molecular weight is 246 g/mol. The van der Waals surface area contributed by atoms with E-state index in [0.29, 0.717) is 0 Å². The molecule has 1 heterocycles. The summed E-state index contributed by atoms with van der Waals surface area (Å²) < 4.78 is 5.15. The molecule has 0 unspecified atom stereocenters. The number of benzene rings is 1. The number of rotatable bonds is 3. The Morgan fingerprint density at radius 3 is 2.44 bits per heavy atom. The molecule has 1 aliphatic heterocycles. The predicted octanol–water partition coefficient (Wildman–Crippen LogP) is 2.49. The number of anilines is 1. The van der Waals surface area contributed by atoms with Crippen LogP contribution in [-0.2, 0) is 0 Å². The summed E-state index contributed by atoms with van der Waals surface area (Å²) in [6.45, 7) is 3.69. The molecule has 0 aromatic heterocycles. The molecule has 0 N–H and O–H groups in total. The van der Waals surface area contributed by atoms with Crippen molar-refractivity contribution >= 4 is 11.7 Å². The second kappa shape index (κ2) is 3.90. The van der Waals surface area contributed by atoms with Crippen LogP contribution in [0.3, 0.4) is 0 Å². The number of amides is 2. The zero-order chi connectivity index (χ0) is 12.8. The summed E-state index contributed by atoms with van der Waals surface area (Å²) in [5.41, 5.74) is 1.05. The molecular weight excluding hydrogens is 228 g/mol. The molecule has 0 radical (unpaired) electrons. The molecule has 18 heavy (non-hydrogen) atoms. The molecule has 0 bridgehead atoms. The highest BCUT2D eigenvalue weighted by Gasteiger charge is 2.57. The van der Waals surface area contributed by atoms with Crippen LogP contribution in [0.4, 0.5) is 10.5 Å². The number of nitrogens with zero attached hydrogens (tertiary/aromatic N) is 2. The predicted molar refractivity (Wildman–Crippen MR) is 70.1 cm³/mol. The Labute approximate surface area is 107 Å². The first kappa shape index (κ1) is 11.4. The van der Waals surface area contributed by atoms with Gasteiger partial charge in [-0.1, -0.05) is 0 Å². The van der Waals surface area contributed by atoms with E-state index in [4.69, 9.17) is 4.74 Å². The Morgan fingerprint density at radius 1 is 1.28 bits per heavy atom. The quantitative estimate of drug-likeness (QED) is 0.821. The third-order valence-electron chi connectivity index (χ3n) is 3.96. The number of hydrogen-bond donors (Lipinski definition) is 0. The van der Waals surface area contributed by atoms with Gasteiger partial charge in [-0.3, -0.25) is 4.90 Å². The zero-order valence-electron chi connectivity index (χ0n) is 10.8. The van der Waals surface area contributed by atoms with Crippen LogP contribution in [0.5, 0.6) is 5.75 Å². The molecule has 1 spiro atoms. The van der Waals surface area contributed by atoms with Gasteiger partial charge in [0.2, 0.25) is 0 Å². The van der Waals surface area contributed by atoms with Gasteiger partial charge in [-0.05, 0) is 44.0 Å². The van der Waals surface area contributed by atoms with E-state index in [1.165, 1.54) is 0 Å². The van der Waals surface area contributed by atoms with Gasteiger partial charge in [0.05, 0.1) is 12.6 Å². The van der Waals surface area contributed by atoms with Crippen LogP contribution in [0.2, 0.25) is 0 Å². The number of likely N-dealkylation sites (N-methyl/N-ethyl adjacent to an activating group) is 1. The third kappa shape index (κ3) is 1.55. The second-order valence-electron chi connectivity index (χ2n) is 5.05. The molecule has 4 nitrogen and oxygen atoms in total. The van der Waals surface area contributed by atoms with Gasteiger partial charge in [0.15, 0.2) is 0 Å². The Hall–Kier alpha value is -1.71. The lowest BCUT2D eigenvalue weighted by Crippen LogP contribution is -2.36. The van der Waals surface area contributed by atoms with E-state index in [1.54, 1.807) is 7.11 Å². The number of urea groups is 1. The van der Waals surface area contributed by atoms with Crippen LogP contribution in [-0.4, -0.2) is 36.7 Å². The SMILES string of the molecule is CCN1CC2(CC2)N(c2ccc(OC)cc2)C1=O. The van der Waals surface area contributed by atoms with Gasteiger partial charge < -0.3 is 9.64 Å². The van der Waals surface area contributed by atoms with Crippen molar-refractivity contribution in [3.63, 3.8) is 0 Å². The summed E-state index contributed by atoms with van der Waals surface area (Å²) in [4.78, 5) is 16.3. The van der Waals surface area contributed by atoms with Gasteiger partial charge in [0.1, 0.15) is 5.75 Å². The molecule has 0 atom stereocenters. The number of carbonyl (C=O) groups excluding carboxylic acids is 1. The first-order valence-electron chi connectivity index (χ1n) is 6.43. The van der Waals surface area contributed by atoms with Crippen molar-refractivity contribution in [2.24, 2.45) is 0 Å². The van der Waals surface area contributed by atoms with E-state index in [9.17, 15) is 4.79 Å². The molecule has 96 valence electrons. The summed E-state index contributed by atoms with van der Waals surface area (Å²) in [5, 5.41) is 0. The van der Waals surface area contributed by atoms with E-state index < -0.39 is 0 Å². The molecular formula is C14H18N2O2. The largest absolute Gasteiger partial charge is 0.497 e. The minimum atomic E-state index is 0.0711. The van der Waals surface area contributed by atoms with Gasteiger partial charge in [0.25, 0.3) is 0 Å². The van der Waals surface area contributed by atoms with Gasteiger partial charge in [-0.25, -0.2) is 4.79 Å². The molecule has 1 aromatic rings. The number of methoxy groups -OCH3 is 1. The number of hydrogen-bond acceptors (Lipinski definition) is 2. The molecule has 2 fully saturated rings. The molecule has 2 amide bonds.